The molecule has 2 aromatic carbocycles. The molecule has 0 amide bonds. The molecule has 0 aliphatic rings. The highest BCUT2D eigenvalue weighted by Gasteiger charge is 2.14. The Morgan fingerprint density at radius 1 is 1.09 bits per heavy atom. The molecule has 4 nitrogen and oxygen atoms in total. The lowest BCUT2D eigenvalue weighted by Gasteiger charge is -2.25. The minimum absolute atomic E-state index is 0.116. The number of hydrogen-bond donors (Lipinski definition) is 1. The monoisotopic (exact) mass is 318 g/mol. The molecule has 22 heavy (non-hydrogen) atoms. The molecule has 0 saturated heterocycles. The molecule has 118 valence electrons. The number of hydrogen-bond acceptors (Lipinski definition) is 3. The third kappa shape index (κ3) is 4.40. The fourth-order valence-electron chi connectivity index (χ4n) is 2.35. The minimum atomic E-state index is -3.66. The van der Waals surface area contributed by atoms with Crippen LogP contribution < -0.4 is 5.14 Å². The lowest BCUT2D eigenvalue weighted by atomic mass is 10.1. The van der Waals surface area contributed by atoms with Gasteiger partial charge in [0.25, 0.3) is 0 Å². The van der Waals surface area contributed by atoms with E-state index in [4.69, 9.17) is 5.14 Å². The second kappa shape index (κ2) is 7.05. The lowest BCUT2D eigenvalue weighted by molar-refractivity contribution is 0.264. The Bertz CT molecular complexity index is 714. The molecular weight excluding hydrogens is 296 g/mol. The molecule has 0 fully saturated rings. The van der Waals surface area contributed by atoms with E-state index in [0.29, 0.717) is 0 Å². The van der Waals surface area contributed by atoms with E-state index in [1.807, 2.05) is 31.3 Å². The van der Waals surface area contributed by atoms with Crippen LogP contribution in [0.25, 0.3) is 0 Å². The van der Waals surface area contributed by atoms with Crippen LogP contribution in [0.1, 0.15) is 24.1 Å². The number of likely N-dealkylation sites (N-methyl/N-ethyl adjacent to an activating group) is 1. The number of nitrogens with zero attached hydrogens (tertiary/aromatic N) is 1. The normalized spacial score (nSPS) is 13.3. The fraction of sp³-hybridized carbons (Fsp3) is 0.294. The van der Waals surface area contributed by atoms with E-state index in [1.54, 1.807) is 12.1 Å². The van der Waals surface area contributed by atoms with Gasteiger partial charge in [-0.3, -0.25) is 4.90 Å². The smallest absolute Gasteiger partial charge is 0.238 e. The summed E-state index contributed by atoms with van der Waals surface area (Å²) in [6.07, 6.45) is 0.955. The number of rotatable bonds is 6. The Kier molecular flexibility index (Phi) is 5.34. The first-order valence-electron chi connectivity index (χ1n) is 7.25. The zero-order chi connectivity index (χ0) is 16.2. The molecule has 0 radical (unpaired) electrons. The highest BCUT2D eigenvalue weighted by atomic mass is 32.2. The molecule has 0 aliphatic carbocycles. The average Bonchev–Trinajstić information content (AvgIpc) is 2.52. The van der Waals surface area contributed by atoms with Gasteiger partial charge in [-0.15, -0.1) is 0 Å². The average molecular weight is 318 g/mol. The maximum atomic E-state index is 11.5. The summed E-state index contributed by atoms with van der Waals surface area (Å²) in [4.78, 5) is 2.36. The maximum absolute atomic E-state index is 11.5. The summed E-state index contributed by atoms with van der Waals surface area (Å²) in [6.45, 7) is 2.96. The quantitative estimate of drug-likeness (QED) is 0.890. The maximum Gasteiger partial charge on any atom is 0.238 e. The van der Waals surface area contributed by atoms with E-state index in [1.165, 1.54) is 11.6 Å². The summed E-state index contributed by atoms with van der Waals surface area (Å²) in [5, 5.41) is 5.20. The van der Waals surface area contributed by atoms with Gasteiger partial charge in [-0.25, -0.2) is 13.6 Å². The zero-order valence-corrected chi connectivity index (χ0v) is 13.8. The van der Waals surface area contributed by atoms with Crippen LogP contribution in [-0.2, 0) is 16.4 Å². The Labute approximate surface area is 132 Å². The molecule has 2 aromatic rings. The van der Waals surface area contributed by atoms with Gasteiger partial charge in [0.15, 0.2) is 0 Å². The van der Waals surface area contributed by atoms with Gasteiger partial charge >= 0.3 is 0 Å². The van der Waals surface area contributed by atoms with E-state index < -0.39 is 10.0 Å². The molecule has 0 heterocycles. The van der Waals surface area contributed by atoms with Crippen molar-refractivity contribution in [2.75, 3.05) is 13.6 Å². The van der Waals surface area contributed by atoms with Crippen LogP contribution in [-0.4, -0.2) is 26.9 Å². The summed E-state index contributed by atoms with van der Waals surface area (Å²) < 4.78 is 22.9. The summed E-state index contributed by atoms with van der Waals surface area (Å²) >= 11 is 0. The van der Waals surface area contributed by atoms with Crippen molar-refractivity contribution in [3.05, 3.63) is 65.7 Å². The van der Waals surface area contributed by atoms with Gasteiger partial charge < -0.3 is 0 Å². The standard InChI is InChI=1S/C17H22N2O2S/c1-14(16-9-6-10-17(13-16)22(18,20)21)19(2)12-11-15-7-4-3-5-8-15/h3-10,13-14H,11-12H2,1-2H3,(H2,18,20,21)/t14-/m0/s1. The van der Waals surface area contributed by atoms with Crippen LogP contribution in [0.15, 0.2) is 59.5 Å². The van der Waals surface area contributed by atoms with Crippen LogP contribution in [0.4, 0.5) is 0 Å². The molecule has 0 spiro atoms. The Balaban J connectivity index is 2.06. The summed E-state index contributed by atoms with van der Waals surface area (Å²) in [5.41, 5.74) is 2.24. The van der Waals surface area contributed by atoms with E-state index >= 15 is 0 Å². The largest absolute Gasteiger partial charge is 0.299 e. The van der Waals surface area contributed by atoms with Crippen LogP contribution in [0.3, 0.4) is 0 Å². The highest BCUT2D eigenvalue weighted by molar-refractivity contribution is 7.89. The SMILES string of the molecule is C[C@@H](c1cccc(S(N)(=O)=O)c1)N(C)CCc1ccccc1. The summed E-state index contributed by atoms with van der Waals surface area (Å²) in [7, 11) is -1.62. The second-order valence-electron chi connectivity index (χ2n) is 5.51. The number of primary sulfonamides is 1. The van der Waals surface area contributed by atoms with Gasteiger partial charge in [-0.2, -0.15) is 0 Å². The predicted octanol–water partition coefficient (Wildman–Crippen LogP) is 2.57. The van der Waals surface area contributed by atoms with Crippen molar-refractivity contribution in [3.8, 4) is 0 Å². The Morgan fingerprint density at radius 3 is 2.41 bits per heavy atom. The highest BCUT2D eigenvalue weighted by Crippen LogP contribution is 2.21. The van der Waals surface area contributed by atoms with Crippen molar-refractivity contribution in [3.63, 3.8) is 0 Å². The minimum Gasteiger partial charge on any atom is -0.299 e. The van der Waals surface area contributed by atoms with Crippen molar-refractivity contribution in [1.29, 1.82) is 0 Å². The molecule has 0 unspecified atom stereocenters. The first kappa shape index (κ1) is 16.7. The van der Waals surface area contributed by atoms with E-state index in [0.717, 1.165) is 18.5 Å². The van der Waals surface area contributed by atoms with Crippen molar-refractivity contribution < 1.29 is 8.42 Å². The van der Waals surface area contributed by atoms with Gasteiger partial charge in [-0.05, 0) is 43.7 Å². The van der Waals surface area contributed by atoms with Crippen LogP contribution >= 0.6 is 0 Å². The number of nitrogens with two attached hydrogens (primary N) is 1. The molecule has 2 N–H and O–H groups in total. The lowest BCUT2D eigenvalue weighted by Crippen LogP contribution is -2.25. The van der Waals surface area contributed by atoms with Crippen molar-refractivity contribution in [2.24, 2.45) is 5.14 Å². The molecule has 2 rings (SSSR count). The topological polar surface area (TPSA) is 63.4 Å². The van der Waals surface area contributed by atoms with Gasteiger partial charge in [0, 0.05) is 12.6 Å². The molecular formula is C17H22N2O2S. The van der Waals surface area contributed by atoms with Gasteiger partial charge in [0.05, 0.1) is 4.90 Å². The fourth-order valence-corrected chi connectivity index (χ4v) is 2.92. The summed E-state index contributed by atoms with van der Waals surface area (Å²) in [6, 6.07) is 17.3. The second-order valence-corrected chi connectivity index (χ2v) is 7.07. The predicted molar refractivity (Wildman–Crippen MR) is 89.0 cm³/mol. The third-order valence-electron chi connectivity index (χ3n) is 3.93. The first-order valence-corrected chi connectivity index (χ1v) is 8.79. The summed E-state index contributed by atoms with van der Waals surface area (Å²) in [5.74, 6) is 0. The molecule has 0 aromatic heterocycles. The van der Waals surface area contributed by atoms with Crippen molar-refractivity contribution in [1.82, 2.24) is 4.90 Å². The Hall–Kier alpha value is -1.69. The molecule has 5 heteroatoms. The Morgan fingerprint density at radius 2 is 1.77 bits per heavy atom. The van der Waals surface area contributed by atoms with Crippen LogP contribution in [0.5, 0.6) is 0 Å². The number of benzene rings is 2. The van der Waals surface area contributed by atoms with E-state index in [-0.39, 0.29) is 10.9 Å². The van der Waals surface area contributed by atoms with Gasteiger partial charge in [-0.1, -0.05) is 42.5 Å². The van der Waals surface area contributed by atoms with Crippen LogP contribution in [0.2, 0.25) is 0 Å². The molecule has 0 aliphatic heterocycles. The zero-order valence-electron chi connectivity index (χ0n) is 12.9. The number of sulfonamides is 1. The van der Waals surface area contributed by atoms with Gasteiger partial charge in [0.2, 0.25) is 10.0 Å². The van der Waals surface area contributed by atoms with Crippen molar-refractivity contribution in [2.45, 2.75) is 24.3 Å². The van der Waals surface area contributed by atoms with Crippen molar-refractivity contribution >= 4 is 10.0 Å². The van der Waals surface area contributed by atoms with E-state index in [2.05, 4.69) is 24.0 Å². The molecule has 0 saturated carbocycles. The molecule has 1 atom stereocenters. The first-order chi connectivity index (χ1) is 10.4. The third-order valence-corrected chi connectivity index (χ3v) is 4.84. The van der Waals surface area contributed by atoms with Gasteiger partial charge in [0.1, 0.15) is 0 Å². The van der Waals surface area contributed by atoms with Crippen LogP contribution in [0, 0.1) is 0 Å². The van der Waals surface area contributed by atoms with E-state index in [9.17, 15) is 8.42 Å². The molecule has 0 bridgehead atoms.